The summed E-state index contributed by atoms with van der Waals surface area (Å²) in [5, 5.41) is 19.9. The smallest absolute Gasteiger partial charge is 0.334 e. The van der Waals surface area contributed by atoms with Crippen LogP contribution < -0.4 is 5.32 Å². The Kier molecular flexibility index (Phi) is 3.68. The molecule has 3 N–H and O–H groups in total. The van der Waals surface area contributed by atoms with Gasteiger partial charge in [0.1, 0.15) is 0 Å². The summed E-state index contributed by atoms with van der Waals surface area (Å²) in [4.78, 5) is 22.0. The number of carbonyl (C=O) groups excluding carboxylic acids is 1. The SMILES string of the molecule is CC1(C(=O)NCC(O)C(=O)O)CCCC1. The number of hydrogen-bond acceptors (Lipinski definition) is 3. The maximum absolute atomic E-state index is 11.7. The number of aliphatic hydroxyl groups excluding tert-OH is 1. The lowest BCUT2D eigenvalue weighted by Gasteiger charge is -2.22. The fourth-order valence-corrected chi connectivity index (χ4v) is 1.87. The van der Waals surface area contributed by atoms with E-state index in [1.807, 2.05) is 6.92 Å². The minimum absolute atomic E-state index is 0.152. The van der Waals surface area contributed by atoms with Crippen LogP contribution >= 0.6 is 0 Å². The van der Waals surface area contributed by atoms with E-state index in [-0.39, 0.29) is 17.9 Å². The van der Waals surface area contributed by atoms with Crippen molar-refractivity contribution in [2.45, 2.75) is 38.7 Å². The Morgan fingerprint density at radius 2 is 1.93 bits per heavy atom. The molecule has 15 heavy (non-hydrogen) atoms. The highest BCUT2D eigenvalue weighted by Gasteiger charge is 2.36. The van der Waals surface area contributed by atoms with E-state index in [9.17, 15) is 9.59 Å². The van der Waals surface area contributed by atoms with Gasteiger partial charge in [-0.05, 0) is 12.8 Å². The lowest BCUT2D eigenvalue weighted by molar-refractivity contribution is -0.146. The first-order valence-corrected chi connectivity index (χ1v) is 5.15. The maximum Gasteiger partial charge on any atom is 0.334 e. The number of carbonyl (C=O) groups is 2. The fourth-order valence-electron chi connectivity index (χ4n) is 1.87. The fraction of sp³-hybridized carbons (Fsp3) is 0.800. The highest BCUT2D eigenvalue weighted by Crippen LogP contribution is 2.37. The zero-order chi connectivity index (χ0) is 11.5. The number of amides is 1. The summed E-state index contributed by atoms with van der Waals surface area (Å²) in [5.74, 6) is -1.47. The summed E-state index contributed by atoms with van der Waals surface area (Å²) >= 11 is 0. The van der Waals surface area contributed by atoms with Crippen LogP contribution in [0.25, 0.3) is 0 Å². The van der Waals surface area contributed by atoms with Crippen molar-refractivity contribution in [2.24, 2.45) is 5.41 Å². The van der Waals surface area contributed by atoms with E-state index in [0.29, 0.717) is 0 Å². The standard InChI is InChI=1S/C10H17NO4/c1-10(4-2-3-5-10)9(15)11-6-7(12)8(13)14/h7,12H,2-6H2,1H3,(H,11,15)(H,13,14). The largest absolute Gasteiger partial charge is 0.479 e. The number of nitrogens with one attached hydrogen (secondary N) is 1. The van der Waals surface area contributed by atoms with Crippen LogP contribution in [-0.2, 0) is 9.59 Å². The van der Waals surface area contributed by atoms with Gasteiger partial charge >= 0.3 is 5.97 Å². The zero-order valence-electron chi connectivity index (χ0n) is 8.82. The molecule has 5 nitrogen and oxygen atoms in total. The number of carboxylic acid groups (broad SMARTS) is 1. The van der Waals surface area contributed by atoms with Crippen LogP contribution in [0.4, 0.5) is 0 Å². The molecule has 5 heteroatoms. The third kappa shape index (κ3) is 2.92. The number of rotatable bonds is 4. The molecule has 0 aliphatic heterocycles. The Balaban J connectivity index is 2.39. The van der Waals surface area contributed by atoms with Crippen molar-refractivity contribution in [3.8, 4) is 0 Å². The molecule has 0 radical (unpaired) electrons. The molecule has 0 aromatic heterocycles. The molecule has 1 aliphatic rings. The van der Waals surface area contributed by atoms with E-state index >= 15 is 0 Å². The van der Waals surface area contributed by atoms with E-state index in [0.717, 1.165) is 25.7 Å². The first-order chi connectivity index (χ1) is 6.96. The normalized spacial score (nSPS) is 20.9. The van der Waals surface area contributed by atoms with Gasteiger partial charge in [-0.3, -0.25) is 4.79 Å². The summed E-state index contributed by atoms with van der Waals surface area (Å²) in [6.07, 6.45) is 2.22. The summed E-state index contributed by atoms with van der Waals surface area (Å²) < 4.78 is 0. The second-order valence-electron chi connectivity index (χ2n) is 4.33. The molecule has 0 spiro atoms. The summed E-state index contributed by atoms with van der Waals surface area (Å²) in [6.45, 7) is 1.66. The first-order valence-electron chi connectivity index (χ1n) is 5.15. The van der Waals surface area contributed by atoms with E-state index in [4.69, 9.17) is 10.2 Å². The molecule has 1 rings (SSSR count). The van der Waals surface area contributed by atoms with E-state index in [1.165, 1.54) is 0 Å². The van der Waals surface area contributed by atoms with Gasteiger partial charge in [-0.2, -0.15) is 0 Å². The lowest BCUT2D eigenvalue weighted by Crippen LogP contribution is -2.42. The lowest BCUT2D eigenvalue weighted by atomic mass is 9.88. The zero-order valence-corrected chi connectivity index (χ0v) is 8.82. The van der Waals surface area contributed by atoms with Gasteiger partial charge in [0, 0.05) is 5.41 Å². The van der Waals surface area contributed by atoms with E-state index in [2.05, 4.69) is 5.32 Å². The van der Waals surface area contributed by atoms with Crippen LogP contribution in [0.3, 0.4) is 0 Å². The van der Waals surface area contributed by atoms with Crippen molar-refractivity contribution in [3.63, 3.8) is 0 Å². The van der Waals surface area contributed by atoms with E-state index < -0.39 is 12.1 Å². The molecule has 1 unspecified atom stereocenters. The predicted octanol–water partition coefficient (Wildman–Crippen LogP) is 0.128. The molecule has 0 heterocycles. The second kappa shape index (κ2) is 4.61. The Hall–Kier alpha value is -1.10. The maximum atomic E-state index is 11.7. The van der Waals surface area contributed by atoms with Crippen LogP contribution in [0, 0.1) is 5.41 Å². The number of aliphatic carboxylic acids is 1. The second-order valence-corrected chi connectivity index (χ2v) is 4.33. The Morgan fingerprint density at radius 3 is 2.40 bits per heavy atom. The number of hydrogen-bond donors (Lipinski definition) is 3. The van der Waals surface area contributed by atoms with Gasteiger partial charge in [0.15, 0.2) is 6.10 Å². The van der Waals surface area contributed by atoms with Crippen molar-refractivity contribution in [3.05, 3.63) is 0 Å². The van der Waals surface area contributed by atoms with Crippen LogP contribution in [0.5, 0.6) is 0 Å². The van der Waals surface area contributed by atoms with Crippen LogP contribution in [-0.4, -0.2) is 34.7 Å². The molecule has 0 bridgehead atoms. The van der Waals surface area contributed by atoms with Gasteiger partial charge < -0.3 is 15.5 Å². The predicted molar refractivity (Wildman–Crippen MR) is 53.2 cm³/mol. The number of aliphatic hydroxyl groups is 1. The van der Waals surface area contributed by atoms with Crippen LogP contribution in [0.1, 0.15) is 32.6 Å². The van der Waals surface area contributed by atoms with E-state index in [1.54, 1.807) is 0 Å². The third-order valence-corrected chi connectivity index (χ3v) is 3.00. The molecule has 0 saturated heterocycles. The molecule has 1 saturated carbocycles. The summed E-state index contributed by atoms with van der Waals surface area (Å²) in [6, 6.07) is 0. The highest BCUT2D eigenvalue weighted by atomic mass is 16.4. The van der Waals surface area contributed by atoms with Crippen molar-refractivity contribution in [2.75, 3.05) is 6.54 Å². The average molecular weight is 215 g/mol. The van der Waals surface area contributed by atoms with Gasteiger partial charge in [0.2, 0.25) is 5.91 Å². The quantitative estimate of drug-likeness (QED) is 0.622. The molecule has 1 atom stereocenters. The summed E-state index contributed by atoms with van der Waals surface area (Å²) in [5.41, 5.74) is -0.377. The minimum Gasteiger partial charge on any atom is -0.479 e. The van der Waals surface area contributed by atoms with Crippen molar-refractivity contribution in [1.29, 1.82) is 0 Å². The third-order valence-electron chi connectivity index (χ3n) is 3.00. The van der Waals surface area contributed by atoms with Crippen molar-refractivity contribution in [1.82, 2.24) is 5.32 Å². The molecule has 1 aliphatic carbocycles. The van der Waals surface area contributed by atoms with Gasteiger partial charge in [-0.15, -0.1) is 0 Å². The van der Waals surface area contributed by atoms with Gasteiger partial charge in [-0.1, -0.05) is 19.8 Å². The monoisotopic (exact) mass is 215 g/mol. The van der Waals surface area contributed by atoms with Crippen molar-refractivity contribution >= 4 is 11.9 Å². The molecule has 0 aromatic rings. The van der Waals surface area contributed by atoms with Crippen molar-refractivity contribution < 1.29 is 19.8 Å². The van der Waals surface area contributed by atoms with Gasteiger partial charge in [0.25, 0.3) is 0 Å². The molecule has 86 valence electrons. The topological polar surface area (TPSA) is 86.6 Å². The summed E-state index contributed by atoms with van der Waals surface area (Å²) in [7, 11) is 0. The molecule has 1 fully saturated rings. The van der Waals surface area contributed by atoms with Crippen LogP contribution in [0.2, 0.25) is 0 Å². The molecular formula is C10H17NO4. The number of carboxylic acids is 1. The molecule has 1 amide bonds. The van der Waals surface area contributed by atoms with Gasteiger partial charge in [0.05, 0.1) is 6.54 Å². The van der Waals surface area contributed by atoms with Crippen LogP contribution in [0.15, 0.2) is 0 Å². The molecule has 0 aromatic carbocycles. The first kappa shape index (κ1) is 12.0. The Morgan fingerprint density at radius 1 is 1.40 bits per heavy atom. The molecular weight excluding hydrogens is 198 g/mol. The Labute approximate surface area is 88.5 Å². The minimum atomic E-state index is -1.51. The van der Waals surface area contributed by atoms with Gasteiger partial charge in [-0.25, -0.2) is 4.79 Å². The highest BCUT2D eigenvalue weighted by molar-refractivity contribution is 5.83. The average Bonchev–Trinajstić information content (AvgIpc) is 2.62. The Bertz CT molecular complexity index is 258.